The summed E-state index contributed by atoms with van der Waals surface area (Å²) in [4.78, 5) is 30.5. The minimum absolute atomic E-state index is 0.0618. The number of Topliss-reactive ketones (excluding diaryl/α,β-unsaturated/α-hetero) is 1. The van der Waals surface area contributed by atoms with Crippen molar-refractivity contribution in [2.24, 2.45) is 40.4 Å². The Morgan fingerprint density at radius 3 is 2.71 bits per heavy atom. The predicted molar refractivity (Wildman–Crippen MR) is 106 cm³/mol. The van der Waals surface area contributed by atoms with Gasteiger partial charge in [0, 0.05) is 36.5 Å². The van der Waals surface area contributed by atoms with Crippen LogP contribution in [0.5, 0.6) is 0 Å². The minimum Gasteiger partial charge on any atom is -0.311 e. The third kappa shape index (κ3) is 2.65. The summed E-state index contributed by atoms with van der Waals surface area (Å²) in [7, 11) is 0. The van der Waals surface area contributed by atoms with Crippen molar-refractivity contribution >= 4 is 12.1 Å². The number of hydroxylamine groups is 1. The zero-order chi connectivity index (χ0) is 19.5. The molecule has 5 heteroatoms. The second-order valence-corrected chi connectivity index (χ2v) is 10.6. The number of aldehydes is 1. The molecule has 1 heterocycles. The molecule has 5 nitrogen and oxygen atoms in total. The molecule has 0 aromatic heterocycles. The molecule has 28 heavy (non-hydrogen) atoms. The first-order valence-corrected chi connectivity index (χ1v) is 11.3. The first-order valence-electron chi connectivity index (χ1n) is 11.3. The Morgan fingerprint density at radius 2 is 2.00 bits per heavy atom. The number of hydrogen-bond acceptors (Lipinski definition) is 5. The molecule has 7 atom stereocenters. The molecule has 4 fully saturated rings. The molecule has 3 saturated carbocycles. The van der Waals surface area contributed by atoms with E-state index in [2.05, 4.69) is 30.7 Å². The Labute approximate surface area is 168 Å². The van der Waals surface area contributed by atoms with E-state index in [4.69, 9.17) is 4.84 Å². The van der Waals surface area contributed by atoms with E-state index in [1.165, 1.54) is 6.29 Å². The maximum atomic E-state index is 12.6. The molecule has 1 saturated heterocycles. The van der Waals surface area contributed by atoms with Gasteiger partial charge in [-0.1, -0.05) is 19.9 Å². The van der Waals surface area contributed by atoms with Crippen LogP contribution >= 0.6 is 0 Å². The van der Waals surface area contributed by atoms with Crippen molar-refractivity contribution in [2.45, 2.75) is 64.9 Å². The summed E-state index contributed by atoms with van der Waals surface area (Å²) in [6.45, 7) is 6.44. The highest BCUT2D eigenvalue weighted by Gasteiger charge is 2.61. The fourth-order valence-electron chi connectivity index (χ4n) is 7.50. The van der Waals surface area contributed by atoms with E-state index in [-0.39, 0.29) is 28.8 Å². The molecule has 1 aliphatic heterocycles. The van der Waals surface area contributed by atoms with Crippen molar-refractivity contribution in [3.05, 3.63) is 11.8 Å². The van der Waals surface area contributed by atoms with E-state index in [0.717, 1.165) is 63.7 Å². The van der Waals surface area contributed by atoms with E-state index in [1.54, 1.807) is 0 Å². The zero-order valence-corrected chi connectivity index (χ0v) is 17.2. The molecule has 2 N–H and O–H groups in total. The van der Waals surface area contributed by atoms with Crippen LogP contribution in [0, 0.1) is 40.4 Å². The Balaban J connectivity index is 1.40. The molecule has 4 aliphatic carbocycles. The summed E-state index contributed by atoms with van der Waals surface area (Å²) in [5.41, 5.74) is 4.38. The van der Waals surface area contributed by atoms with Crippen LogP contribution in [0.1, 0.15) is 58.8 Å². The smallest absolute Gasteiger partial charge is 0.139 e. The van der Waals surface area contributed by atoms with E-state index in [9.17, 15) is 9.59 Å². The van der Waals surface area contributed by atoms with Crippen molar-refractivity contribution in [1.82, 2.24) is 10.8 Å². The van der Waals surface area contributed by atoms with Gasteiger partial charge >= 0.3 is 0 Å². The van der Waals surface area contributed by atoms with Gasteiger partial charge in [0.05, 0.1) is 0 Å². The van der Waals surface area contributed by atoms with Gasteiger partial charge in [-0.25, -0.2) is 0 Å². The van der Waals surface area contributed by atoms with E-state index >= 15 is 0 Å². The van der Waals surface area contributed by atoms with Gasteiger partial charge in [-0.15, -0.1) is 0 Å². The molecular weight excluding hydrogens is 352 g/mol. The second-order valence-electron chi connectivity index (χ2n) is 10.6. The first kappa shape index (κ1) is 18.8. The molecule has 154 valence electrons. The summed E-state index contributed by atoms with van der Waals surface area (Å²) >= 11 is 0. The Bertz CT molecular complexity index is 702. The summed E-state index contributed by atoms with van der Waals surface area (Å²) in [5.74, 6) is 2.47. The number of ketones is 1. The molecule has 0 spiro atoms. The molecule has 2 unspecified atom stereocenters. The molecule has 0 aromatic carbocycles. The van der Waals surface area contributed by atoms with Crippen LogP contribution < -0.4 is 10.8 Å². The maximum absolute atomic E-state index is 12.6. The van der Waals surface area contributed by atoms with Gasteiger partial charge in [0.15, 0.2) is 0 Å². The summed E-state index contributed by atoms with van der Waals surface area (Å²) in [6, 6.07) is 0. The van der Waals surface area contributed by atoms with E-state index in [0.29, 0.717) is 23.5 Å². The topological polar surface area (TPSA) is 67.4 Å². The van der Waals surface area contributed by atoms with Crippen molar-refractivity contribution in [2.75, 3.05) is 13.1 Å². The summed E-state index contributed by atoms with van der Waals surface area (Å²) < 4.78 is 0. The Hall–Kier alpha value is -1.20. The summed E-state index contributed by atoms with van der Waals surface area (Å²) in [6.07, 6.45) is 10.8. The van der Waals surface area contributed by atoms with Crippen molar-refractivity contribution in [3.63, 3.8) is 0 Å². The molecule has 0 amide bonds. The molecule has 0 bridgehead atoms. The molecule has 0 radical (unpaired) electrons. The highest BCUT2D eigenvalue weighted by molar-refractivity contribution is 5.87. The lowest BCUT2D eigenvalue weighted by Crippen LogP contribution is -2.56. The molecule has 5 aliphatic rings. The SMILES string of the molecule is C[C@]12CCC(NOC3CNC3)=CC1C(C=O)C[C@@H]1[C@@H]2CC[C@]2(C)C(=O)CC[C@@H]12. The fourth-order valence-corrected chi connectivity index (χ4v) is 7.50. The first-order chi connectivity index (χ1) is 13.5. The van der Waals surface area contributed by atoms with Crippen LogP contribution in [0.15, 0.2) is 11.8 Å². The average molecular weight is 387 g/mol. The lowest BCUT2D eigenvalue weighted by Gasteiger charge is -2.60. The minimum atomic E-state index is -0.125. The second kappa shape index (κ2) is 6.66. The van der Waals surface area contributed by atoms with Crippen LogP contribution in [0.3, 0.4) is 0 Å². The van der Waals surface area contributed by atoms with Gasteiger partial charge in [-0.05, 0) is 67.6 Å². The highest BCUT2D eigenvalue weighted by atomic mass is 16.7. The number of carbonyl (C=O) groups excluding carboxylic acids is 2. The maximum Gasteiger partial charge on any atom is 0.139 e. The van der Waals surface area contributed by atoms with E-state index < -0.39 is 0 Å². The number of rotatable bonds is 4. The highest BCUT2D eigenvalue weighted by Crippen LogP contribution is 2.65. The average Bonchev–Trinajstić information content (AvgIpc) is 2.95. The quantitative estimate of drug-likeness (QED) is 0.574. The van der Waals surface area contributed by atoms with Gasteiger partial charge in [-0.2, -0.15) is 0 Å². The van der Waals surface area contributed by atoms with Crippen molar-refractivity contribution in [3.8, 4) is 0 Å². The van der Waals surface area contributed by atoms with Gasteiger partial charge < -0.3 is 10.1 Å². The number of allylic oxidation sites excluding steroid dienone is 2. The summed E-state index contributed by atoms with van der Waals surface area (Å²) in [5, 5.41) is 3.22. The van der Waals surface area contributed by atoms with Crippen molar-refractivity contribution < 1.29 is 14.4 Å². The van der Waals surface area contributed by atoms with Gasteiger partial charge in [0.25, 0.3) is 0 Å². The molecule has 0 aromatic rings. The Morgan fingerprint density at radius 1 is 1.18 bits per heavy atom. The van der Waals surface area contributed by atoms with Crippen LogP contribution in [0.25, 0.3) is 0 Å². The number of fused-ring (bicyclic) bond motifs is 5. The molecular formula is C23H34N2O3. The lowest BCUT2D eigenvalue weighted by atomic mass is 9.44. The number of carbonyl (C=O) groups is 2. The van der Waals surface area contributed by atoms with Crippen LogP contribution in [0.2, 0.25) is 0 Å². The largest absolute Gasteiger partial charge is 0.311 e. The standard InChI is InChI=1S/C23H34N2O3/c1-22-7-5-15(25-28-16-11-24-12-16)10-20(22)14(13-26)9-17-18-3-4-21(27)23(18,2)8-6-19(17)22/h10,13-14,16-20,24-25H,3-9,11-12H2,1-2H3/t14?,17-,18-,19-,20?,22+,23-/m0/s1. The van der Waals surface area contributed by atoms with Crippen molar-refractivity contribution in [1.29, 1.82) is 0 Å². The van der Waals surface area contributed by atoms with Crippen LogP contribution in [-0.4, -0.2) is 31.3 Å². The van der Waals surface area contributed by atoms with Gasteiger partial charge in [0.2, 0.25) is 0 Å². The monoisotopic (exact) mass is 386 g/mol. The Kier molecular flexibility index (Phi) is 4.48. The fraction of sp³-hybridized carbons (Fsp3) is 0.826. The third-order valence-corrected chi connectivity index (χ3v) is 9.35. The third-order valence-electron chi connectivity index (χ3n) is 9.35. The van der Waals surface area contributed by atoms with Gasteiger partial charge in [-0.3, -0.25) is 15.1 Å². The zero-order valence-electron chi connectivity index (χ0n) is 17.2. The predicted octanol–water partition coefficient (Wildman–Crippen LogP) is 3.01. The van der Waals surface area contributed by atoms with Crippen LogP contribution in [0.4, 0.5) is 0 Å². The normalized spacial score (nSPS) is 48.0. The van der Waals surface area contributed by atoms with Crippen LogP contribution in [-0.2, 0) is 14.4 Å². The lowest BCUT2D eigenvalue weighted by molar-refractivity contribution is -0.142. The van der Waals surface area contributed by atoms with Gasteiger partial charge in [0.1, 0.15) is 18.2 Å². The van der Waals surface area contributed by atoms with E-state index in [1.807, 2.05) is 0 Å². The number of nitrogens with one attached hydrogen (secondary N) is 2. The number of hydrogen-bond donors (Lipinski definition) is 2. The molecule has 5 rings (SSSR count).